The molecule has 6 heteroatoms. The number of pyridine rings is 1. The number of nitrogens with one attached hydrogen (secondary N) is 2. The van der Waals surface area contributed by atoms with Crippen molar-refractivity contribution in [2.45, 2.75) is 6.42 Å². The summed E-state index contributed by atoms with van der Waals surface area (Å²) >= 11 is 0. The number of aromatic nitrogens is 1. The molecule has 0 aliphatic carbocycles. The number of benzene rings is 1. The minimum atomic E-state index is -0.190. The second kappa shape index (κ2) is 7.11. The minimum absolute atomic E-state index is 0.0445. The highest BCUT2D eigenvalue weighted by Crippen LogP contribution is 2.27. The third-order valence-corrected chi connectivity index (χ3v) is 4.73. The summed E-state index contributed by atoms with van der Waals surface area (Å²) in [5.74, 6) is 1.23. The summed E-state index contributed by atoms with van der Waals surface area (Å²) < 4.78 is 5.70. The molecule has 0 radical (unpaired) electrons. The van der Waals surface area contributed by atoms with E-state index in [1.807, 2.05) is 42.6 Å². The van der Waals surface area contributed by atoms with Gasteiger partial charge in [-0.25, -0.2) is 4.98 Å². The maximum atomic E-state index is 12.5. The Morgan fingerprint density at radius 1 is 1.20 bits per heavy atom. The molecular formula is C19H22N4O2. The highest BCUT2D eigenvalue weighted by atomic mass is 16.5. The lowest BCUT2D eigenvalue weighted by molar-refractivity contribution is -0.121. The quantitative estimate of drug-likeness (QED) is 0.891. The van der Waals surface area contributed by atoms with Crippen molar-refractivity contribution in [3.63, 3.8) is 0 Å². The van der Waals surface area contributed by atoms with Crippen molar-refractivity contribution in [2.75, 3.05) is 43.0 Å². The fourth-order valence-electron chi connectivity index (χ4n) is 3.29. The first-order valence-corrected chi connectivity index (χ1v) is 8.73. The molecule has 25 heavy (non-hydrogen) atoms. The summed E-state index contributed by atoms with van der Waals surface area (Å²) in [6.45, 7) is 4.34. The maximum absolute atomic E-state index is 12.5. The van der Waals surface area contributed by atoms with Crippen LogP contribution in [-0.4, -0.2) is 43.7 Å². The van der Waals surface area contributed by atoms with Crippen LogP contribution in [0.2, 0.25) is 0 Å². The van der Waals surface area contributed by atoms with Crippen LogP contribution in [0.1, 0.15) is 5.56 Å². The first-order valence-electron chi connectivity index (χ1n) is 8.73. The molecule has 2 N–H and O–H groups in total. The molecule has 1 amide bonds. The van der Waals surface area contributed by atoms with E-state index in [4.69, 9.17) is 4.74 Å². The van der Waals surface area contributed by atoms with Crippen LogP contribution in [0.15, 0.2) is 42.6 Å². The second-order valence-electron chi connectivity index (χ2n) is 6.45. The van der Waals surface area contributed by atoms with Gasteiger partial charge in [-0.1, -0.05) is 18.2 Å². The van der Waals surface area contributed by atoms with Crippen molar-refractivity contribution in [1.29, 1.82) is 0 Å². The number of carbonyl (C=O) groups is 1. The summed E-state index contributed by atoms with van der Waals surface area (Å²) in [5, 5.41) is 6.25. The molecular weight excluding hydrogens is 316 g/mol. The van der Waals surface area contributed by atoms with Crippen LogP contribution in [0, 0.1) is 5.92 Å². The molecule has 2 aliphatic rings. The van der Waals surface area contributed by atoms with Gasteiger partial charge >= 0.3 is 0 Å². The number of amides is 1. The number of hydrogen-bond acceptors (Lipinski definition) is 5. The van der Waals surface area contributed by atoms with Crippen LogP contribution in [-0.2, 0) is 11.2 Å². The van der Waals surface area contributed by atoms with Gasteiger partial charge in [-0.2, -0.15) is 0 Å². The van der Waals surface area contributed by atoms with Crippen LogP contribution < -0.4 is 20.3 Å². The fourth-order valence-corrected chi connectivity index (χ4v) is 3.29. The predicted octanol–water partition coefficient (Wildman–Crippen LogP) is 1.68. The van der Waals surface area contributed by atoms with E-state index in [1.54, 1.807) is 0 Å². The zero-order valence-electron chi connectivity index (χ0n) is 14.1. The molecule has 0 bridgehead atoms. The smallest absolute Gasteiger partial charge is 0.232 e. The zero-order valence-corrected chi connectivity index (χ0v) is 14.1. The van der Waals surface area contributed by atoms with E-state index in [-0.39, 0.29) is 11.8 Å². The van der Waals surface area contributed by atoms with Crippen LogP contribution in [0.3, 0.4) is 0 Å². The number of ether oxygens (including phenoxy) is 1. The largest absolute Gasteiger partial charge is 0.492 e. The number of fused-ring (bicyclic) bond motifs is 1. The molecule has 1 atom stereocenters. The van der Waals surface area contributed by atoms with E-state index in [9.17, 15) is 4.79 Å². The van der Waals surface area contributed by atoms with E-state index >= 15 is 0 Å². The fraction of sp³-hybridized carbons (Fsp3) is 0.368. The number of piperazine rings is 1. The van der Waals surface area contributed by atoms with E-state index in [0.29, 0.717) is 18.8 Å². The van der Waals surface area contributed by atoms with Crippen LogP contribution in [0.25, 0.3) is 0 Å². The van der Waals surface area contributed by atoms with Crippen molar-refractivity contribution in [3.8, 4) is 5.75 Å². The number of para-hydroxylation sites is 1. The Balaban J connectivity index is 1.38. The van der Waals surface area contributed by atoms with E-state index in [1.165, 1.54) is 0 Å². The topological polar surface area (TPSA) is 66.5 Å². The highest BCUT2D eigenvalue weighted by Gasteiger charge is 2.26. The standard InChI is InChI=1S/C19H22N4O2/c24-19(15-11-14-3-1-2-4-17(14)25-13-15)22-18-6-5-16(12-21-18)23-9-7-20-8-10-23/h1-6,12,15,20H,7-11,13H2,(H,21,22,24). The molecule has 4 rings (SSSR count). The van der Waals surface area contributed by atoms with Crippen molar-refractivity contribution < 1.29 is 9.53 Å². The molecule has 1 aromatic heterocycles. The summed E-state index contributed by atoms with van der Waals surface area (Å²) in [6, 6.07) is 11.8. The van der Waals surface area contributed by atoms with Crippen molar-refractivity contribution in [2.24, 2.45) is 5.92 Å². The average Bonchev–Trinajstić information content (AvgIpc) is 2.69. The van der Waals surface area contributed by atoms with Gasteiger partial charge in [-0.3, -0.25) is 4.79 Å². The third kappa shape index (κ3) is 3.58. The molecule has 3 heterocycles. The highest BCUT2D eigenvalue weighted by molar-refractivity contribution is 5.92. The Morgan fingerprint density at radius 2 is 2.04 bits per heavy atom. The lowest BCUT2D eigenvalue weighted by Crippen LogP contribution is -2.43. The van der Waals surface area contributed by atoms with Gasteiger partial charge in [0.05, 0.1) is 17.8 Å². The normalized spacial score (nSPS) is 19.7. The Bertz CT molecular complexity index is 741. The van der Waals surface area contributed by atoms with Gasteiger partial charge in [0.15, 0.2) is 0 Å². The number of rotatable bonds is 3. The summed E-state index contributed by atoms with van der Waals surface area (Å²) in [5.41, 5.74) is 2.17. The molecule has 130 valence electrons. The van der Waals surface area contributed by atoms with Gasteiger partial charge in [0.2, 0.25) is 5.91 Å². The van der Waals surface area contributed by atoms with Crippen molar-refractivity contribution in [3.05, 3.63) is 48.2 Å². The van der Waals surface area contributed by atoms with E-state index < -0.39 is 0 Å². The molecule has 1 fully saturated rings. The van der Waals surface area contributed by atoms with Crippen LogP contribution in [0.5, 0.6) is 5.75 Å². The van der Waals surface area contributed by atoms with Gasteiger partial charge in [0, 0.05) is 26.2 Å². The van der Waals surface area contributed by atoms with E-state index in [0.717, 1.165) is 43.2 Å². The van der Waals surface area contributed by atoms with Crippen molar-refractivity contribution in [1.82, 2.24) is 10.3 Å². The maximum Gasteiger partial charge on any atom is 0.232 e. The lowest BCUT2D eigenvalue weighted by atomic mass is 9.96. The Hall–Kier alpha value is -2.60. The second-order valence-corrected chi connectivity index (χ2v) is 6.45. The molecule has 0 saturated carbocycles. The van der Waals surface area contributed by atoms with Crippen LogP contribution in [0.4, 0.5) is 11.5 Å². The number of carbonyl (C=O) groups excluding carboxylic acids is 1. The van der Waals surface area contributed by atoms with Crippen molar-refractivity contribution >= 4 is 17.4 Å². The van der Waals surface area contributed by atoms with Gasteiger partial charge in [-0.05, 0) is 30.2 Å². The van der Waals surface area contributed by atoms with Crippen LogP contribution >= 0.6 is 0 Å². The average molecular weight is 338 g/mol. The summed E-state index contributed by atoms with van der Waals surface area (Å²) in [4.78, 5) is 19.2. The Kier molecular flexibility index (Phi) is 4.52. The first kappa shape index (κ1) is 15.9. The minimum Gasteiger partial charge on any atom is -0.492 e. The molecule has 1 saturated heterocycles. The molecule has 6 nitrogen and oxygen atoms in total. The third-order valence-electron chi connectivity index (χ3n) is 4.73. The zero-order chi connectivity index (χ0) is 17.1. The number of hydrogen-bond donors (Lipinski definition) is 2. The summed E-state index contributed by atoms with van der Waals surface area (Å²) in [7, 11) is 0. The van der Waals surface area contributed by atoms with Gasteiger partial charge in [0.1, 0.15) is 18.2 Å². The SMILES string of the molecule is O=C(Nc1ccc(N2CCNCC2)cn1)C1COc2ccccc2C1. The number of nitrogens with zero attached hydrogens (tertiary/aromatic N) is 2. The molecule has 1 aromatic carbocycles. The predicted molar refractivity (Wildman–Crippen MR) is 97.1 cm³/mol. The van der Waals surface area contributed by atoms with Gasteiger partial charge in [0.25, 0.3) is 0 Å². The first-order chi connectivity index (χ1) is 12.3. The van der Waals surface area contributed by atoms with Gasteiger partial charge < -0.3 is 20.3 Å². The lowest BCUT2D eigenvalue weighted by Gasteiger charge is -2.29. The Labute approximate surface area is 147 Å². The molecule has 2 aromatic rings. The molecule has 2 aliphatic heterocycles. The summed E-state index contributed by atoms with van der Waals surface area (Å²) in [6.07, 6.45) is 2.52. The number of anilines is 2. The molecule has 1 unspecified atom stereocenters. The van der Waals surface area contributed by atoms with Gasteiger partial charge in [-0.15, -0.1) is 0 Å². The monoisotopic (exact) mass is 338 g/mol. The van der Waals surface area contributed by atoms with E-state index in [2.05, 4.69) is 20.5 Å². The molecule has 0 spiro atoms. The Morgan fingerprint density at radius 3 is 2.84 bits per heavy atom.